The fraction of sp³-hybridized carbons (Fsp3) is 0.889. The van der Waals surface area contributed by atoms with E-state index < -0.39 is 9.84 Å². The van der Waals surface area contributed by atoms with Crippen molar-refractivity contribution in [2.24, 2.45) is 10.9 Å². The van der Waals surface area contributed by atoms with Gasteiger partial charge in [-0.1, -0.05) is 5.16 Å². The zero-order chi connectivity index (χ0) is 12.8. The minimum Gasteiger partial charge on any atom is -0.409 e. The summed E-state index contributed by atoms with van der Waals surface area (Å²) in [5.74, 6) is 0.288. The van der Waals surface area contributed by atoms with Gasteiger partial charge in [0.05, 0.1) is 11.0 Å². The predicted molar refractivity (Wildman–Crippen MR) is 64.4 cm³/mol. The van der Waals surface area contributed by atoms with Crippen molar-refractivity contribution in [1.82, 2.24) is 4.90 Å². The third kappa shape index (κ3) is 5.92. The number of hydrogen-bond acceptors (Lipinski definition) is 5. The van der Waals surface area contributed by atoms with Crippen molar-refractivity contribution in [3.8, 4) is 0 Å². The molecule has 0 aromatic rings. The Hall–Kier alpha value is -0.820. The van der Waals surface area contributed by atoms with E-state index in [9.17, 15) is 8.42 Å². The van der Waals surface area contributed by atoms with Crippen LogP contribution in [0.15, 0.2) is 5.16 Å². The molecule has 0 aromatic heterocycles. The van der Waals surface area contributed by atoms with Gasteiger partial charge in [-0.3, -0.25) is 0 Å². The van der Waals surface area contributed by atoms with E-state index in [1.807, 2.05) is 4.90 Å². The Morgan fingerprint density at radius 3 is 2.44 bits per heavy atom. The summed E-state index contributed by atoms with van der Waals surface area (Å²) in [6.45, 7) is 4.38. The molecular weight excluding hydrogens is 230 g/mol. The Morgan fingerprint density at radius 2 is 2.00 bits per heavy atom. The highest BCUT2D eigenvalue weighted by Gasteiger charge is 2.16. The van der Waals surface area contributed by atoms with Crippen molar-refractivity contribution in [1.29, 1.82) is 0 Å². The summed E-state index contributed by atoms with van der Waals surface area (Å²) < 4.78 is 23.0. The van der Waals surface area contributed by atoms with E-state index in [2.05, 4.69) is 5.16 Å². The molecule has 0 spiro atoms. The average Bonchev–Trinajstić information content (AvgIpc) is 2.22. The quantitative estimate of drug-likeness (QED) is 0.284. The maximum atomic E-state index is 11.5. The first-order chi connectivity index (χ1) is 7.29. The van der Waals surface area contributed by atoms with E-state index in [1.165, 1.54) is 0 Å². The molecule has 0 aliphatic heterocycles. The van der Waals surface area contributed by atoms with Crippen molar-refractivity contribution in [2.45, 2.75) is 25.5 Å². The van der Waals surface area contributed by atoms with Crippen LogP contribution in [0.1, 0.15) is 20.3 Å². The molecule has 0 aliphatic carbocycles. The van der Waals surface area contributed by atoms with E-state index in [0.29, 0.717) is 19.5 Å². The van der Waals surface area contributed by atoms with Crippen LogP contribution in [-0.2, 0) is 9.84 Å². The van der Waals surface area contributed by atoms with Crippen molar-refractivity contribution >= 4 is 15.7 Å². The molecule has 0 amide bonds. The molecule has 3 N–H and O–H groups in total. The van der Waals surface area contributed by atoms with Crippen LogP contribution in [0.2, 0.25) is 0 Å². The second kappa shape index (κ2) is 6.70. The van der Waals surface area contributed by atoms with Gasteiger partial charge >= 0.3 is 0 Å². The zero-order valence-electron chi connectivity index (χ0n) is 10.0. The summed E-state index contributed by atoms with van der Waals surface area (Å²) in [6, 6.07) is 0. The topological polar surface area (TPSA) is 96.0 Å². The lowest BCUT2D eigenvalue weighted by Gasteiger charge is -2.16. The van der Waals surface area contributed by atoms with E-state index in [4.69, 9.17) is 10.9 Å². The Balaban J connectivity index is 3.95. The van der Waals surface area contributed by atoms with Gasteiger partial charge in [0.15, 0.2) is 9.84 Å². The molecule has 0 bridgehead atoms. The van der Waals surface area contributed by atoms with Crippen molar-refractivity contribution in [3.05, 3.63) is 0 Å². The molecule has 0 radical (unpaired) electrons. The number of oxime groups is 1. The number of rotatable bonds is 7. The van der Waals surface area contributed by atoms with Crippen LogP contribution in [0, 0.1) is 0 Å². The van der Waals surface area contributed by atoms with Crippen molar-refractivity contribution < 1.29 is 13.6 Å². The summed E-state index contributed by atoms with van der Waals surface area (Å²) in [5.41, 5.74) is 5.31. The number of amidine groups is 1. The Bertz CT molecular complexity index is 325. The van der Waals surface area contributed by atoms with Gasteiger partial charge in [-0.15, -0.1) is 0 Å². The van der Waals surface area contributed by atoms with E-state index in [0.717, 1.165) is 0 Å². The number of nitrogens with zero attached hydrogens (tertiary/aromatic N) is 2. The summed E-state index contributed by atoms with van der Waals surface area (Å²) in [4.78, 5) is 1.85. The number of hydrogen-bond donors (Lipinski definition) is 2. The summed E-state index contributed by atoms with van der Waals surface area (Å²) in [5, 5.41) is 10.8. The van der Waals surface area contributed by atoms with E-state index in [-0.39, 0.29) is 16.8 Å². The fourth-order valence-corrected chi connectivity index (χ4v) is 2.02. The van der Waals surface area contributed by atoms with Crippen molar-refractivity contribution in [2.75, 3.05) is 25.9 Å². The molecule has 0 saturated heterocycles. The van der Waals surface area contributed by atoms with Gasteiger partial charge in [0.25, 0.3) is 0 Å². The van der Waals surface area contributed by atoms with E-state index in [1.54, 1.807) is 20.9 Å². The number of nitrogens with two attached hydrogens (primary N) is 1. The minimum absolute atomic E-state index is 0.136. The molecule has 16 heavy (non-hydrogen) atoms. The van der Waals surface area contributed by atoms with Gasteiger partial charge in [0.1, 0.15) is 5.84 Å². The minimum atomic E-state index is -2.99. The van der Waals surface area contributed by atoms with Gasteiger partial charge in [-0.25, -0.2) is 8.42 Å². The van der Waals surface area contributed by atoms with Gasteiger partial charge in [0.2, 0.25) is 0 Å². The highest BCUT2D eigenvalue weighted by Crippen LogP contribution is 2.01. The first-order valence-corrected chi connectivity index (χ1v) is 6.87. The van der Waals surface area contributed by atoms with Gasteiger partial charge in [-0.2, -0.15) is 0 Å². The van der Waals surface area contributed by atoms with Gasteiger partial charge < -0.3 is 15.8 Å². The highest BCUT2D eigenvalue weighted by molar-refractivity contribution is 7.92. The summed E-state index contributed by atoms with van der Waals surface area (Å²) in [7, 11) is -1.18. The average molecular weight is 251 g/mol. The largest absolute Gasteiger partial charge is 0.409 e. The number of sulfone groups is 1. The zero-order valence-corrected chi connectivity index (χ0v) is 10.9. The van der Waals surface area contributed by atoms with Gasteiger partial charge in [-0.05, 0) is 20.9 Å². The van der Waals surface area contributed by atoms with Crippen LogP contribution in [0.5, 0.6) is 0 Å². The molecule has 0 saturated carbocycles. The molecule has 0 rings (SSSR count). The third-order valence-electron chi connectivity index (χ3n) is 2.35. The Labute approximate surface area is 97.0 Å². The molecule has 0 atom stereocenters. The second-order valence-corrected chi connectivity index (χ2v) is 6.74. The molecule has 7 heteroatoms. The summed E-state index contributed by atoms with van der Waals surface area (Å²) in [6.07, 6.45) is 0.425. The Kier molecular flexibility index (Phi) is 6.35. The maximum absolute atomic E-state index is 11.5. The van der Waals surface area contributed by atoms with Crippen LogP contribution in [0.3, 0.4) is 0 Å². The molecule has 0 heterocycles. The molecular formula is C9H21N3O3S. The van der Waals surface area contributed by atoms with Crippen LogP contribution in [0.25, 0.3) is 0 Å². The van der Waals surface area contributed by atoms with Crippen LogP contribution >= 0.6 is 0 Å². The highest BCUT2D eigenvalue weighted by atomic mass is 32.2. The van der Waals surface area contributed by atoms with Crippen molar-refractivity contribution in [3.63, 3.8) is 0 Å². The first-order valence-electron chi connectivity index (χ1n) is 5.16. The fourth-order valence-electron chi connectivity index (χ4n) is 0.986. The third-order valence-corrected chi connectivity index (χ3v) is 4.54. The Morgan fingerprint density at radius 1 is 1.44 bits per heavy atom. The van der Waals surface area contributed by atoms with E-state index >= 15 is 0 Å². The molecule has 0 aromatic carbocycles. The summed E-state index contributed by atoms with van der Waals surface area (Å²) >= 11 is 0. The monoisotopic (exact) mass is 251 g/mol. The normalized spacial score (nSPS) is 13.7. The second-order valence-electron chi connectivity index (χ2n) is 4.06. The van der Waals surface area contributed by atoms with Crippen LogP contribution in [-0.4, -0.2) is 55.5 Å². The molecule has 0 unspecified atom stereocenters. The molecule has 0 aliphatic rings. The maximum Gasteiger partial charge on any atom is 0.153 e. The lowest BCUT2D eigenvalue weighted by molar-refractivity contribution is 0.313. The molecule has 96 valence electrons. The smallest absolute Gasteiger partial charge is 0.153 e. The standard InChI is InChI=1S/C9H21N3O3S/c1-8(2)16(14,15)7-6-12(3)5-4-9(10)11-13/h8,13H,4-7H2,1-3H3,(H2,10,11). The SMILES string of the molecule is CC(C)S(=O)(=O)CCN(C)CCC(N)=NO. The van der Waals surface area contributed by atoms with Gasteiger partial charge in [0, 0.05) is 19.5 Å². The van der Waals surface area contributed by atoms with Crippen LogP contribution in [0.4, 0.5) is 0 Å². The lowest BCUT2D eigenvalue weighted by atomic mass is 10.4. The predicted octanol–water partition coefficient (Wildman–Crippen LogP) is -0.122. The molecule has 0 fully saturated rings. The lowest BCUT2D eigenvalue weighted by Crippen LogP contribution is -2.31. The van der Waals surface area contributed by atoms with Crippen LogP contribution < -0.4 is 5.73 Å². The molecule has 6 nitrogen and oxygen atoms in total. The first kappa shape index (κ1) is 15.2.